The number of para-hydroxylation sites is 1. The third-order valence-electron chi connectivity index (χ3n) is 8.51. The number of rotatable bonds is 6. The van der Waals surface area contributed by atoms with Gasteiger partial charge in [-0.1, -0.05) is 18.1 Å². The molecule has 6 rings (SSSR count). The highest BCUT2D eigenvalue weighted by molar-refractivity contribution is 7.92. The van der Waals surface area contributed by atoms with Crippen molar-refractivity contribution in [3.05, 3.63) is 53.5 Å². The molecule has 2 aliphatic heterocycles. The van der Waals surface area contributed by atoms with Gasteiger partial charge in [-0.05, 0) is 45.4 Å². The van der Waals surface area contributed by atoms with Gasteiger partial charge in [-0.25, -0.2) is 36.5 Å². The van der Waals surface area contributed by atoms with Crippen LogP contribution in [-0.2, 0) is 20.3 Å². The number of nitrogens with zero attached hydrogens (tertiary/aromatic N) is 4. The van der Waals surface area contributed by atoms with E-state index in [-0.39, 0.29) is 71.3 Å². The molecule has 2 fully saturated rings. The second-order valence-corrected chi connectivity index (χ2v) is 14.7. The van der Waals surface area contributed by atoms with Crippen LogP contribution in [-0.4, -0.2) is 58.3 Å². The molecule has 44 heavy (non-hydrogen) atoms. The summed E-state index contributed by atoms with van der Waals surface area (Å²) in [5.74, 6) is 1.02. The van der Waals surface area contributed by atoms with E-state index in [0.717, 1.165) is 0 Å². The predicted molar refractivity (Wildman–Crippen MR) is 157 cm³/mol. The molecule has 2 saturated heterocycles. The molecule has 0 aliphatic carbocycles. The molecule has 0 spiro atoms. The first-order chi connectivity index (χ1) is 20.7. The lowest BCUT2D eigenvalue weighted by atomic mass is 9.84. The predicted octanol–water partition coefficient (Wildman–Crippen LogP) is 5.46. The van der Waals surface area contributed by atoms with Gasteiger partial charge in [0, 0.05) is 30.0 Å². The quantitative estimate of drug-likeness (QED) is 0.258. The lowest BCUT2D eigenvalue weighted by molar-refractivity contribution is -0.118. The Morgan fingerprint density at radius 3 is 2.68 bits per heavy atom. The lowest BCUT2D eigenvalue weighted by Gasteiger charge is -2.39. The first-order valence-electron chi connectivity index (χ1n) is 14.0. The van der Waals surface area contributed by atoms with Gasteiger partial charge in [0.1, 0.15) is 22.9 Å². The molecule has 3 aromatic heterocycles. The topological polar surface area (TPSA) is 115 Å². The molecule has 1 aromatic carbocycles. The van der Waals surface area contributed by atoms with Crippen molar-refractivity contribution in [2.75, 3.05) is 17.2 Å². The minimum absolute atomic E-state index is 0.00719. The average Bonchev–Trinajstić information content (AvgIpc) is 3.57. The molecule has 13 heteroatoms. The molecule has 2 aliphatic rings. The number of halogens is 3. The Morgan fingerprint density at radius 1 is 1.25 bits per heavy atom. The second-order valence-electron chi connectivity index (χ2n) is 11.9. The number of terminal acetylenes is 1. The van der Waals surface area contributed by atoms with Crippen LogP contribution in [0.1, 0.15) is 63.4 Å². The number of sulfone groups is 1. The number of anilines is 1. The Balaban J connectivity index is 1.39. The van der Waals surface area contributed by atoms with E-state index in [1.54, 1.807) is 29.2 Å². The highest BCUT2D eigenvalue weighted by atomic mass is 32.2. The van der Waals surface area contributed by atoms with Crippen LogP contribution in [0.3, 0.4) is 0 Å². The van der Waals surface area contributed by atoms with E-state index in [9.17, 15) is 22.0 Å². The van der Waals surface area contributed by atoms with Crippen LogP contribution in [0.5, 0.6) is 5.88 Å². The van der Waals surface area contributed by atoms with Gasteiger partial charge >= 0.3 is 0 Å². The normalized spacial score (nSPS) is 24.5. The number of pyridine rings is 1. The van der Waals surface area contributed by atoms with Crippen molar-refractivity contribution in [2.45, 2.75) is 69.0 Å². The zero-order valence-corrected chi connectivity index (χ0v) is 25.0. The number of carbonyl (C=O) groups is 1. The molecular formula is C31H29F3N4O5S. The summed E-state index contributed by atoms with van der Waals surface area (Å²) in [5.41, 5.74) is -1.04. The number of hydrogen-bond acceptors (Lipinski definition) is 9. The molecule has 0 amide bonds. The van der Waals surface area contributed by atoms with Gasteiger partial charge in [-0.15, -0.1) is 6.42 Å². The summed E-state index contributed by atoms with van der Waals surface area (Å²) < 4.78 is 80.8. The Morgan fingerprint density at radius 2 is 2.00 bits per heavy atom. The molecule has 3 atom stereocenters. The van der Waals surface area contributed by atoms with Gasteiger partial charge in [0.25, 0.3) is 6.43 Å². The average molecular weight is 627 g/mol. The van der Waals surface area contributed by atoms with Gasteiger partial charge in [-0.3, -0.25) is 4.79 Å². The Bertz CT molecular complexity index is 1950. The number of carbonyl (C=O) groups excluding carboxylic acids is 1. The molecule has 0 bridgehead atoms. The van der Waals surface area contributed by atoms with E-state index in [0.29, 0.717) is 11.0 Å². The molecule has 230 valence electrons. The van der Waals surface area contributed by atoms with Crippen molar-refractivity contribution in [3.63, 3.8) is 0 Å². The largest absolute Gasteiger partial charge is 0.472 e. The highest BCUT2D eigenvalue weighted by Gasteiger charge is 2.52. The Kier molecular flexibility index (Phi) is 7.11. The maximum absolute atomic E-state index is 16.7. The Labute approximate surface area is 251 Å². The third-order valence-corrected chi connectivity index (χ3v) is 11.1. The van der Waals surface area contributed by atoms with Gasteiger partial charge in [0.05, 0.1) is 28.6 Å². The third kappa shape index (κ3) is 4.95. The van der Waals surface area contributed by atoms with Crippen LogP contribution in [0.4, 0.5) is 19.0 Å². The number of ether oxygens (including phenoxy) is 1. The molecule has 5 heterocycles. The molecule has 0 radical (unpaired) electrons. The van der Waals surface area contributed by atoms with Gasteiger partial charge in [-0.2, -0.15) is 0 Å². The zero-order chi connectivity index (χ0) is 31.6. The minimum atomic E-state index is -3.54. The van der Waals surface area contributed by atoms with E-state index >= 15 is 4.39 Å². The van der Waals surface area contributed by atoms with Crippen molar-refractivity contribution in [3.8, 4) is 18.2 Å². The van der Waals surface area contributed by atoms with E-state index in [2.05, 4.69) is 20.9 Å². The van der Waals surface area contributed by atoms with Crippen LogP contribution < -0.4 is 9.64 Å². The molecule has 0 saturated carbocycles. The number of benzene rings is 1. The highest BCUT2D eigenvalue weighted by Crippen LogP contribution is 2.48. The first-order valence-corrected chi connectivity index (χ1v) is 15.7. The first kappa shape index (κ1) is 29.9. The molecular weight excluding hydrogens is 597 g/mol. The molecule has 4 aromatic rings. The fourth-order valence-corrected chi connectivity index (χ4v) is 7.76. The molecule has 9 nitrogen and oxygen atoms in total. The van der Waals surface area contributed by atoms with Crippen molar-refractivity contribution >= 4 is 43.5 Å². The summed E-state index contributed by atoms with van der Waals surface area (Å²) >= 11 is 0. The summed E-state index contributed by atoms with van der Waals surface area (Å²) in [7, 11) is -3.54. The second kappa shape index (κ2) is 10.5. The number of hydrogen-bond donors (Lipinski definition) is 0. The van der Waals surface area contributed by atoms with Crippen molar-refractivity contribution in [2.24, 2.45) is 0 Å². The number of ketones is 1. The standard InChI is InChI=1S/C31H29F3N4O5S/c1-5-18-12-21(31(34)10-11-44(40,41)30(3,4)16-31)29(35-14-18)42-19-13-22(17(2)39)38(15-19)28-25-24(36-27(37-28)26(32)33)20-8-6-7-9-23(20)43-25/h1,6-9,12,14,19,22,26H,10-11,13,15-16H2,2-4H3/t19-,22-,31-/m0/s1. The lowest BCUT2D eigenvalue weighted by Crippen LogP contribution is -2.47. The zero-order valence-electron chi connectivity index (χ0n) is 24.2. The monoisotopic (exact) mass is 626 g/mol. The summed E-state index contributed by atoms with van der Waals surface area (Å²) in [5, 5.41) is 0.521. The minimum Gasteiger partial charge on any atom is -0.472 e. The maximum Gasteiger partial charge on any atom is 0.297 e. The smallest absolute Gasteiger partial charge is 0.297 e. The van der Waals surface area contributed by atoms with E-state index in [4.69, 9.17) is 15.6 Å². The number of aromatic nitrogens is 3. The number of furan rings is 1. The number of Topliss-reactive ketones (excluding diaryl/α,β-unsaturated/α-hetero) is 1. The van der Waals surface area contributed by atoms with Crippen LogP contribution in [0.2, 0.25) is 0 Å². The van der Waals surface area contributed by atoms with E-state index in [1.807, 2.05) is 0 Å². The summed E-state index contributed by atoms with van der Waals surface area (Å²) in [6.45, 7) is 4.34. The maximum atomic E-state index is 16.7. The van der Waals surface area contributed by atoms with Crippen LogP contribution in [0.15, 0.2) is 40.9 Å². The summed E-state index contributed by atoms with van der Waals surface area (Å²) in [6, 6.07) is 7.45. The van der Waals surface area contributed by atoms with Crippen molar-refractivity contribution in [1.29, 1.82) is 0 Å². The molecule has 0 unspecified atom stereocenters. The van der Waals surface area contributed by atoms with Gasteiger partial charge < -0.3 is 14.1 Å². The van der Waals surface area contributed by atoms with Crippen molar-refractivity contribution in [1.82, 2.24) is 15.0 Å². The van der Waals surface area contributed by atoms with Gasteiger partial charge in [0.2, 0.25) is 5.88 Å². The van der Waals surface area contributed by atoms with E-state index in [1.165, 1.54) is 33.0 Å². The fourth-order valence-electron chi connectivity index (χ4n) is 6.17. The van der Waals surface area contributed by atoms with Crippen LogP contribution >= 0.6 is 0 Å². The SMILES string of the molecule is C#Cc1cnc(O[C@H]2C[C@@H](C(C)=O)N(c3nc(C(F)F)nc4c3oc3ccccc34)C2)c([C@]2(F)CCS(=O)(=O)C(C)(C)C2)c1. The van der Waals surface area contributed by atoms with E-state index < -0.39 is 44.6 Å². The van der Waals surface area contributed by atoms with Crippen molar-refractivity contribution < 1.29 is 35.5 Å². The summed E-state index contributed by atoms with van der Waals surface area (Å²) in [6.07, 6.45) is 2.66. The van der Waals surface area contributed by atoms with Crippen LogP contribution in [0.25, 0.3) is 22.1 Å². The van der Waals surface area contributed by atoms with Crippen LogP contribution in [0, 0.1) is 12.3 Å². The summed E-state index contributed by atoms with van der Waals surface area (Å²) in [4.78, 5) is 26.9. The van der Waals surface area contributed by atoms with Gasteiger partial charge in [0.15, 0.2) is 32.8 Å². The fraction of sp³-hybridized carbons (Fsp3) is 0.419. The molecule has 0 N–H and O–H groups in total. The Hall–Kier alpha value is -4.18. The number of alkyl halides is 3. The number of fused-ring (bicyclic) bond motifs is 3.